The van der Waals surface area contributed by atoms with Crippen molar-refractivity contribution in [1.82, 2.24) is 0 Å². The van der Waals surface area contributed by atoms with Crippen molar-refractivity contribution in [3.05, 3.63) is 0 Å². The molecule has 3 nitrogen and oxygen atoms in total. The van der Waals surface area contributed by atoms with E-state index in [4.69, 9.17) is 15.3 Å². The molecule has 0 aliphatic heterocycles. The van der Waals surface area contributed by atoms with Gasteiger partial charge < -0.3 is 15.3 Å². The molecule has 52 valence electrons. The van der Waals surface area contributed by atoms with Crippen molar-refractivity contribution in [3.63, 3.8) is 0 Å². The van der Waals surface area contributed by atoms with Crippen LogP contribution in [0.15, 0.2) is 0 Å². The molecular weight excluding hydrogens is 128 g/mol. The first kappa shape index (κ1) is 11.1. The summed E-state index contributed by atoms with van der Waals surface area (Å²) in [6.45, 7) is 1.34. The van der Waals surface area contributed by atoms with Crippen LogP contribution >= 0.6 is 12.6 Å². The molecule has 0 rings (SSSR count). The van der Waals surface area contributed by atoms with Crippen molar-refractivity contribution < 1.29 is 15.3 Å². The Labute approximate surface area is 54.4 Å². The third-order valence-corrected chi connectivity index (χ3v) is 0.1000. The Balaban J connectivity index is 0. The van der Waals surface area contributed by atoms with E-state index in [-0.39, 0.29) is 13.2 Å². The lowest BCUT2D eigenvalue weighted by Gasteiger charge is -1.79. The lowest BCUT2D eigenvalue weighted by atomic mass is 10.8. The molecule has 0 spiro atoms. The molecule has 1 unspecified atom stereocenters. The van der Waals surface area contributed by atoms with Crippen molar-refractivity contribution in [2.45, 2.75) is 12.4 Å². The summed E-state index contributed by atoms with van der Waals surface area (Å²) < 4.78 is 0. The summed E-state index contributed by atoms with van der Waals surface area (Å²) in [5.74, 6) is 0. The van der Waals surface area contributed by atoms with E-state index in [0.29, 0.717) is 0 Å². The maximum absolute atomic E-state index is 7.92. The predicted molar refractivity (Wildman–Crippen MR) is 34.8 cm³/mol. The third-order valence-electron chi connectivity index (χ3n) is 0.1000. The van der Waals surface area contributed by atoms with Gasteiger partial charge in [0.2, 0.25) is 0 Å². The van der Waals surface area contributed by atoms with Gasteiger partial charge in [-0.1, -0.05) is 0 Å². The van der Waals surface area contributed by atoms with Gasteiger partial charge in [0, 0.05) is 0 Å². The van der Waals surface area contributed by atoms with Gasteiger partial charge in [-0.2, -0.15) is 0 Å². The lowest BCUT2D eigenvalue weighted by Crippen LogP contribution is -1.85. The van der Waals surface area contributed by atoms with Crippen LogP contribution in [0.4, 0.5) is 0 Å². The highest BCUT2D eigenvalue weighted by atomic mass is 32.1. The SMILES string of the molecule is CC(O)S.OCCO. The molecule has 0 fully saturated rings. The quantitative estimate of drug-likeness (QED) is 0.285. The summed E-state index contributed by atoms with van der Waals surface area (Å²) in [6.07, 6.45) is 0. The second kappa shape index (κ2) is 10.3. The van der Waals surface area contributed by atoms with E-state index >= 15 is 0 Å². The minimum Gasteiger partial charge on any atom is -0.394 e. The molecule has 4 heteroatoms. The van der Waals surface area contributed by atoms with Crippen molar-refractivity contribution >= 4 is 12.6 Å². The molecule has 0 saturated carbocycles. The Morgan fingerprint density at radius 3 is 1.50 bits per heavy atom. The first-order valence-corrected chi connectivity index (χ1v) is 2.74. The van der Waals surface area contributed by atoms with E-state index in [2.05, 4.69) is 12.6 Å². The Hall–Kier alpha value is 0.230. The lowest BCUT2D eigenvalue weighted by molar-refractivity contribution is 0.186. The second-order valence-corrected chi connectivity index (χ2v) is 1.83. The molecule has 0 amide bonds. The van der Waals surface area contributed by atoms with Crippen molar-refractivity contribution in [2.75, 3.05) is 13.2 Å². The molecule has 1 atom stereocenters. The summed E-state index contributed by atoms with van der Waals surface area (Å²) in [4.78, 5) is 0. The summed E-state index contributed by atoms with van der Waals surface area (Å²) in [5, 5.41) is 23.2. The average molecular weight is 140 g/mol. The third kappa shape index (κ3) is 113. The van der Waals surface area contributed by atoms with Crippen molar-refractivity contribution in [3.8, 4) is 0 Å². The molecule has 0 radical (unpaired) electrons. The highest BCUT2D eigenvalue weighted by Gasteiger charge is 1.70. The molecule has 8 heavy (non-hydrogen) atoms. The molecule has 3 N–H and O–H groups in total. The summed E-state index contributed by atoms with van der Waals surface area (Å²) in [5.41, 5.74) is -0.472. The van der Waals surface area contributed by atoms with E-state index < -0.39 is 5.44 Å². The standard InChI is InChI=1S/C2H6O2.C2H6OS/c3-1-2-4;1-2(3)4/h3-4H,1-2H2;2-4H,1H3. The fraction of sp³-hybridized carbons (Fsp3) is 1.00. The maximum Gasteiger partial charge on any atom is 0.0936 e. The van der Waals surface area contributed by atoms with Crippen molar-refractivity contribution in [1.29, 1.82) is 0 Å². The summed E-state index contributed by atoms with van der Waals surface area (Å²) in [6, 6.07) is 0. The number of thiol groups is 1. The van der Waals surface area contributed by atoms with Crippen LogP contribution in [0, 0.1) is 0 Å². The van der Waals surface area contributed by atoms with Crippen LogP contribution in [0.2, 0.25) is 0 Å². The van der Waals surface area contributed by atoms with Crippen LogP contribution in [0.25, 0.3) is 0 Å². The largest absolute Gasteiger partial charge is 0.394 e. The van der Waals surface area contributed by atoms with E-state index in [0.717, 1.165) is 0 Å². The van der Waals surface area contributed by atoms with Gasteiger partial charge in [-0.25, -0.2) is 0 Å². The molecule has 0 aromatic heterocycles. The maximum atomic E-state index is 7.92. The zero-order chi connectivity index (χ0) is 6.99. The van der Waals surface area contributed by atoms with Crippen LogP contribution in [0.3, 0.4) is 0 Å². The molecule has 0 heterocycles. The Bertz CT molecular complexity index is 27.7. The normalized spacial score (nSPS) is 11.6. The Morgan fingerprint density at radius 2 is 1.50 bits per heavy atom. The van der Waals surface area contributed by atoms with E-state index in [9.17, 15) is 0 Å². The minimum atomic E-state index is -0.472. The van der Waals surface area contributed by atoms with Gasteiger partial charge in [-0.15, -0.1) is 12.6 Å². The smallest absolute Gasteiger partial charge is 0.0936 e. The fourth-order valence-electron chi connectivity index (χ4n) is 0. The summed E-state index contributed by atoms with van der Waals surface area (Å²) >= 11 is 3.52. The first-order valence-electron chi connectivity index (χ1n) is 2.23. The van der Waals surface area contributed by atoms with E-state index in [1.165, 1.54) is 0 Å². The monoisotopic (exact) mass is 140 g/mol. The highest BCUT2D eigenvalue weighted by molar-refractivity contribution is 7.80. The van der Waals surface area contributed by atoms with Gasteiger partial charge in [-0.05, 0) is 6.92 Å². The van der Waals surface area contributed by atoms with Crippen LogP contribution in [0.1, 0.15) is 6.92 Å². The topological polar surface area (TPSA) is 60.7 Å². The average Bonchev–Trinajstić information content (AvgIpc) is 1.65. The number of aliphatic hydroxyl groups excluding tert-OH is 3. The van der Waals surface area contributed by atoms with Gasteiger partial charge in [0.15, 0.2) is 0 Å². The van der Waals surface area contributed by atoms with E-state index in [1.807, 2.05) is 0 Å². The van der Waals surface area contributed by atoms with Gasteiger partial charge >= 0.3 is 0 Å². The molecule has 0 aliphatic rings. The van der Waals surface area contributed by atoms with Crippen molar-refractivity contribution in [2.24, 2.45) is 0 Å². The van der Waals surface area contributed by atoms with Gasteiger partial charge in [0.25, 0.3) is 0 Å². The zero-order valence-corrected chi connectivity index (χ0v) is 5.67. The number of rotatable bonds is 1. The highest BCUT2D eigenvalue weighted by Crippen LogP contribution is 1.78. The fourth-order valence-corrected chi connectivity index (χ4v) is 0. The number of aliphatic hydroxyl groups is 3. The van der Waals surface area contributed by atoms with Gasteiger partial charge in [-0.3, -0.25) is 0 Å². The minimum absolute atomic E-state index is 0.125. The molecule has 0 aliphatic carbocycles. The molecule has 0 saturated heterocycles. The number of hydrogen-bond donors (Lipinski definition) is 4. The van der Waals surface area contributed by atoms with Crippen LogP contribution in [-0.4, -0.2) is 34.0 Å². The van der Waals surface area contributed by atoms with E-state index in [1.54, 1.807) is 6.92 Å². The molecule has 0 bridgehead atoms. The van der Waals surface area contributed by atoms with Gasteiger partial charge in [0.05, 0.1) is 18.6 Å². The summed E-state index contributed by atoms with van der Waals surface area (Å²) in [7, 11) is 0. The van der Waals surface area contributed by atoms with Crippen LogP contribution in [0.5, 0.6) is 0 Å². The molecular formula is C4H12O3S. The molecule has 0 aromatic rings. The van der Waals surface area contributed by atoms with Gasteiger partial charge in [0.1, 0.15) is 0 Å². The first-order chi connectivity index (χ1) is 3.65. The second-order valence-electron chi connectivity index (χ2n) is 1.08. The van der Waals surface area contributed by atoms with Crippen LogP contribution in [-0.2, 0) is 0 Å². The zero-order valence-electron chi connectivity index (χ0n) is 4.78. The Kier molecular flexibility index (Phi) is 14.2. The molecule has 0 aromatic carbocycles. The van der Waals surface area contributed by atoms with Crippen LogP contribution < -0.4 is 0 Å². The Morgan fingerprint density at radius 1 is 1.38 bits per heavy atom. The predicted octanol–water partition coefficient (Wildman–Crippen LogP) is -0.774. The number of hydrogen-bond acceptors (Lipinski definition) is 4.